The average molecular weight is 312 g/mol. The largest absolute Gasteiger partial charge is 0.508 e. The predicted molar refractivity (Wildman–Crippen MR) is 92.8 cm³/mol. The van der Waals surface area contributed by atoms with Crippen molar-refractivity contribution in [3.63, 3.8) is 0 Å². The number of fused-ring (bicyclic) bond motifs is 3. The summed E-state index contributed by atoms with van der Waals surface area (Å²) >= 11 is 0. The maximum absolute atomic E-state index is 9.86. The Balaban J connectivity index is 1.84. The fraction of sp³-hybridized carbons (Fsp3) is 0.619. The van der Waals surface area contributed by atoms with Crippen molar-refractivity contribution in [3.8, 4) is 11.5 Å². The van der Waals surface area contributed by atoms with Crippen LogP contribution in [0.15, 0.2) is 29.8 Å². The molecular formula is C21H28O2. The Kier molecular flexibility index (Phi) is 2.99. The molecule has 0 aromatic heterocycles. The fourth-order valence-corrected chi connectivity index (χ4v) is 5.93. The van der Waals surface area contributed by atoms with Crippen LogP contribution in [0.5, 0.6) is 11.5 Å². The van der Waals surface area contributed by atoms with Crippen LogP contribution in [0.3, 0.4) is 0 Å². The van der Waals surface area contributed by atoms with Crippen LogP contribution >= 0.6 is 0 Å². The lowest BCUT2D eigenvalue weighted by molar-refractivity contribution is -0.118. The van der Waals surface area contributed by atoms with Crippen LogP contribution in [0.4, 0.5) is 0 Å². The number of hydrogen-bond donors (Lipinski definition) is 1. The van der Waals surface area contributed by atoms with E-state index in [-0.39, 0.29) is 11.0 Å². The van der Waals surface area contributed by atoms with E-state index in [0.29, 0.717) is 17.1 Å². The van der Waals surface area contributed by atoms with Gasteiger partial charge in [0.25, 0.3) is 0 Å². The number of phenolic OH excluding ortho intramolecular Hbond substituents is 1. The van der Waals surface area contributed by atoms with E-state index in [1.54, 1.807) is 6.07 Å². The molecule has 0 radical (unpaired) electrons. The molecule has 1 saturated carbocycles. The van der Waals surface area contributed by atoms with Gasteiger partial charge in [-0.05, 0) is 61.3 Å². The molecule has 23 heavy (non-hydrogen) atoms. The van der Waals surface area contributed by atoms with E-state index >= 15 is 0 Å². The van der Waals surface area contributed by atoms with Crippen molar-refractivity contribution in [2.45, 2.75) is 65.4 Å². The van der Waals surface area contributed by atoms with E-state index in [4.69, 9.17) is 4.74 Å². The van der Waals surface area contributed by atoms with Crippen LogP contribution in [0.2, 0.25) is 0 Å². The third-order valence-corrected chi connectivity index (χ3v) is 7.22. The minimum absolute atomic E-state index is 0.155. The molecule has 1 aliphatic heterocycles. The molecule has 0 amide bonds. The summed E-state index contributed by atoms with van der Waals surface area (Å²) in [5.74, 6) is 1.95. The zero-order chi connectivity index (χ0) is 16.5. The first-order valence-electron chi connectivity index (χ1n) is 8.97. The molecule has 0 bridgehead atoms. The molecule has 0 unspecified atom stereocenters. The van der Waals surface area contributed by atoms with E-state index < -0.39 is 0 Å². The molecule has 2 aliphatic carbocycles. The van der Waals surface area contributed by atoms with Crippen molar-refractivity contribution in [1.29, 1.82) is 0 Å². The van der Waals surface area contributed by atoms with Crippen molar-refractivity contribution in [2.24, 2.45) is 16.7 Å². The van der Waals surface area contributed by atoms with Crippen LogP contribution in [-0.4, -0.2) is 10.7 Å². The summed E-state index contributed by atoms with van der Waals surface area (Å²) in [7, 11) is 0. The van der Waals surface area contributed by atoms with E-state index in [2.05, 4.69) is 33.8 Å². The second-order valence-electron chi connectivity index (χ2n) is 8.83. The normalized spacial score (nSPS) is 37.7. The molecule has 124 valence electrons. The van der Waals surface area contributed by atoms with Gasteiger partial charge < -0.3 is 9.84 Å². The molecule has 1 N–H and O–H groups in total. The van der Waals surface area contributed by atoms with Gasteiger partial charge >= 0.3 is 0 Å². The molecule has 3 aliphatic rings. The van der Waals surface area contributed by atoms with E-state index in [1.165, 1.54) is 31.3 Å². The highest BCUT2D eigenvalue weighted by atomic mass is 16.5. The Hall–Kier alpha value is -1.44. The summed E-state index contributed by atoms with van der Waals surface area (Å²) in [6, 6.07) is 5.57. The maximum atomic E-state index is 9.86. The molecule has 1 spiro atoms. The standard InChI is InChI=1S/C21H28O2/c1-14-6-9-18-19(2,3)10-5-11-20(18,4)21(14)13-15-12-16(22)7-8-17(15)23-21/h6-8,12,18,22H,5,9-11,13H2,1-4H3/t18-,20+,21-/m1/s1. The smallest absolute Gasteiger partial charge is 0.139 e. The Labute approximate surface area is 139 Å². The van der Waals surface area contributed by atoms with Crippen molar-refractivity contribution in [2.75, 3.05) is 0 Å². The molecule has 1 aromatic carbocycles. The number of phenols is 1. The molecular weight excluding hydrogens is 284 g/mol. The van der Waals surface area contributed by atoms with Crippen LogP contribution < -0.4 is 4.74 Å². The lowest BCUT2D eigenvalue weighted by Gasteiger charge is -2.60. The van der Waals surface area contributed by atoms with Gasteiger partial charge in [-0.1, -0.05) is 33.3 Å². The molecule has 0 saturated heterocycles. The van der Waals surface area contributed by atoms with E-state index in [1.807, 2.05) is 12.1 Å². The Morgan fingerprint density at radius 2 is 1.96 bits per heavy atom. The van der Waals surface area contributed by atoms with Crippen molar-refractivity contribution < 1.29 is 9.84 Å². The number of aromatic hydroxyl groups is 1. The second kappa shape index (κ2) is 4.55. The zero-order valence-corrected chi connectivity index (χ0v) is 14.8. The Bertz CT molecular complexity index is 687. The first-order valence-corrected chi connectivity index (χ1v) is 8.97. The van der Waals surface area contributed by atoms with Gasteiger partial charge in [0.15, 0.2) is 0 Å². The van der Waals surface area contributed by atoms with Gasteiger partial charge in [-0.2, -0.15) is 0 Å². The van der Waals surface area contributed by atoms with Gasteiger partial charge in [-0.25, -0.2) is 0 Å². The zero-order valence-electron chi connectivity index (χ0n) is 14.8. The number of rotatable bonds is 0. The molecule has 1 fully saturated rings. The summed E-state index contributed by atoms with van der Waals surface area (Å²) in [6.07, 6.45) is 8.30. The van der Waals surface area contributed by atoms with Crippen LogP contribution in [0.25, 0.3) is 0 Å². The van der Waals surface area contributed by atoms with Crippen molar-refractivity contribution >= 4 is 0 Å². The van der Waals surface area contributed by atoms with Crippen LogP contribution in [0, 0.1) is 16.7 Å². The monoisotopic (exact) mass is 312 g/mol. The van der Waals surface area contributed by atoms with E-state index in [9.17, 15) is 5.11 Å². The van der Waals surface area contributed by atoms with Gasteiger partial charge in [0.05, 0.1) is 0 Å². The summed E-state index contributed by atoms with van der Waals surface area (Å²) in [5.41, 5.74) is 2.82. The second-order valence-corrected chi connectivity index (χ2v) is 8.83. The first-order chi connectivity index (χ1) is 10.8. The highest BCUT2D eigenvalue weighted by Crippen LogP contribution is 2.64. The molecule has 4 rings (SSSR count). The lowest BCUT2D eigenvalue weighted by Crippen LogP contribution is -2.61. The summed E-state index contributed by atoms with van der Waals surface area (Å²) in [4.78, 5) is 0. The minimum atomic E-state index is -0.232. The highest BCUT2D eigenvalue weighted by Gasteiger charge is 2.63. The Morgan fingerprint density at radius 1 is 1.17 bits per heavy atom. The highest BCUT2D eigenvalue weighted by molar-refractivity contribution is 5.48. The Morgan fingerprint density at radius 3 is 2.74 bits per heavy atom. The van der Waals surface area contributed by atoms with Gasteiger partial charge in [0.2, 0.25) is 0 Å². The number of hydrogen-bond acceptors (Lipinski definition) is 2. The third-order valence-electron chi connectivity index (χ3n) is 7.22. The fourth-order valence-electron chi connectivity index (χ4n) is 5.93. The third kappa shape index (κ3) is 1.87. The number of benzene rings is 1. The topological polar surface area (TPSA) is 29.5 Å². The van der Waals surface area contributed by atoms with Crippen LogP contribution in [0.1, 0.15) is 58.9 Å². The van der Waals surface area contributed by atoms with Gasteiger partial charge in [-0.15, -0.1) is 0 Å². The van der Waals surface area contributed by atoms with Crippen LogP contribution in [-0.2, 0) is 6.42 Å². The predicted octanol–water partition coefficient (Wildman–Crippen LogP) is 5.25. The molecule has 2 nitrogen and oxygen atoms in total. The van der Waals surface area contributed by atoms with Gasteiger partial charge in [0.1, 0.15) is 17.1 Å². The number of ether oxygens (including phenoxy) is 1. The number of allylic oxidation sites excluding steroid dienone is 1. The van der Waals surface area contributed by atoms with Crippen molar-refractivity contribution in [3.05, 3.63) is 35.4 Å². The maximum Gasteiger partial charge on any atom is 0.139 e. The minimum Gasteiger partial charge on any atom is -0.508 e. The summed E-state index contributed by atoms with van der Waals surface area (Å²) in [6.45, 7) is 9.58. The molecule has 2 heteroatoms. The van der Waals surface area contributed by atoms with Gasteiger partial charge in [0, 0.05) is 17.4 Å². The molecule has 1 aromatic rings. The SMILES string of the molecule is CC1=CC[C@@H]2C(C)(C)CCC[C@]2(C)[C@@]12Cc1cc(O)ccc1O2. The average Bonchev–Trinajstić information content (AvgIpc) is 2.84. The lowest BCUT2D eigenvalue weighted by atomic mass is 9.46. The molecule has 3 atom stereocenters. The van der Waals surface area contributed by atoms with Crippen molar-refractivity contribution in [1.82, 2.24) is 0 Å². The van der Waals surface area contributed by atoms with Gasteiger partial charge in [-0.3, -0.25) is 0 Å². The van der Waals surface area contributed by atoms with E-state index in [0.717, 1.165) is 17.7 Å². The molecule has 1 heterocycles. The quantitative estimate of drug-likeness (QED) is 0.663. The summed E-state index contributed by atoms with van der Waals surface area (Å²) < 4.78 is 6.69. The first kappa shape index (κ1) is 15.1. The summed E-state index contributed by atoms with van der Waals surface area (Å²) in [5, 5.41) is 9.86.